The Morgan fingerprint density at radius 3 is 2.71 bits per heavy atom. The fourth-order valence-corrected chi connectivity index (χ4v) is 3.60. The largest absolute Gasteiger partial charge is 0.212 e. The molecule has 0 fully saturated rings. The number of thiophene rings is 1. The maximum absolute atomic E-state index is 13.0. The predicted molar refractivity (Wildman–Crippen MR) is 82.4 cm³/mol. The molecule has 4 rings (SSSR count). The Morgan fingerprint density at radius 1 is 1.10 bits per heavy atom. The van der Waals surface area contributed by atoms with Crippen molar-refractivity contribution in [2.75, 3.05) is 5.75 Å². The zero-order valence-corrected chi connectivity index (χ0v) is 12.4. The molecular formula is C14H9FN4S2. The van der Waals surface area contributed by atoms with Gasteiger partial charge in [-0.2, -0.15) is 9.78 Å². The van der Waals surface area contributed by atoms with E-state index in [0.717, 1.165) is 27.1 Å². The van der Waals surface area contributed by atoms with Crippen LogP contribution >= 0.6 is 23.1 Å². The van der Waals surface area contributed by atoms with E-state index < -0.39 is 0 Å². The number of halogens is 1. The highest BCUT2D eigenvalue weighted by Gasteiger charge is 2.21. The van der Waals surface area contributed by atoms with Gasteiger partial charge in [0.25, 0.3) is 0 Å². The summed E-state index contributed by atoms with van der Waals surface area (Å²) in [4.78, 5) is 1.03. The average Bonchev–Trinajstić information content (AvgIpc) is 3.16. The van der Waals surface area contributed by atoms with Gasteiger partial charge in [-0.1, -0.05) is 30.0 Å². The molecule has 21 heavy (non-hydrogen) atoms. The second-order valence-electron chi connectivity index (χ2n) is 4.44. The fraction of sp³-hybridized carbons (Fsp3) is 0.0714. The lowest BCUT2D eigenvalue weighted by Crippen LogP contribution is -2.13. The van der Waals surface area contributed by atoms with Crippen molar-refractivity contribution in [2.45, 2.75) is 5.16 Å². The highest BCUT2D eigenvalue weighted by Crippen LogP contribution is 2.30. The minimum Gasteiger partial charge on any atom is -0.207 e. The van der Waals surface area contributed by atoms with Crippen LogP contribution in [0.1, 0.15) is 5.56 Å². The summed E-state index contributed by atoms with van der Waals surface area (Å²) in [5.74, 6) is 1.20. The van der Waals surface area contributed by atoms with Gasteiger partial charge in [0, 0.05) is 5.75 Å². The third-order valence-electron chi connectivity index (χ3n) is 3.09. The Bertz CT molecular complexity index is 806. The lowest BCUT2D eigenvalue weighted by atomic mass is 10.1. The van der Waals surface area contributed by atoms with Crippen molar-refractivity contribution in [3.8, 4) is 10.7 Å². The molecule has 0 atom stereocenters. The van der Waals surface area contributed by atoms with E-state index in [1.54, 1.807) is 39.9 Å². The van der Waals surface area contributed by atoms with Crippen LogP contribution in [0.3, 0.4) is 0 Å². The Hall–Kier alpha value is -1.99. The van der Waals surface area contributed by atoms with Crippen molar-refractivity contribution < 1.29 is 4.39 Å². The average molecular weight is 316 g/mol. The summed E-state index contributed by atoms with van der Waals surface area (Å²) in [6, 6.07) is 10.4. The van der Waals surface area contributed by atoms with Crippen molar-refractivity contribution in [3.05, 3.63) is 53.2 Å². The number of thioether (sulfide) groups is 1. The molecule has 1 aromatic carbocycles. The van der Waals surface area contributed by atoms with Crippen LogP contribution in [0.2, 0.25) is 0 Å². The van der Waals surface area contributed by atoms with Crippen LogP contribution in [0.4, 0.5) is 4.39 Å². The first-order valence-corrected chi connectivity index (χ1v) is 8.14. The molecule has 0 saturated heterocycles. The summed E-state index contributed by atoms with van der Waals surface area (Å²) in [5, 5.41) is 15.8. The molecular weight excluding hydrogens is 307 g/mol. The van der Waals surface area contributed by atoms with Crippen LogP contribution in [-0.4, -0.2) is 26.3 Å². The molecule has 3 aromatic rings. The molecule has 4 nitrogen and oxygen atoms in total. The van der Waals surface area contributed by atoms with Crippen molar-refractivity contribution in [1.29, 1.82) is 0 Å². The normalized spacial score (nSPS) is 13.9. The molecule has 3 heterocycles. The summed E-state index contributed by atoms with van der Waals surface area (Å²) in [5.41, 5.74) is 1.81. The van der Waals surface area contributed by atoms with E-state index in [1.165, 1.54) is 12.1 Å². The second-order valence-corrected chi connectivity index (χ2v) is 6.33. The monoisotopic (exact) mass is 316 g/mol. The van der Waals surface area contributed by atoms with Crippen LogP contribution in [0.5, 0.6) is 0 Å². The third kappa shape index (κ3) is 2.28. The van der Waals surface area contributed by atoms with Crippen LogP contribution in [0.25, 0.3) is 10.7 Å². The molecule has 7 heteroatoms. The highest BCUT2D eigenvalue weighted by molar-refractivity contribution is 7.99. The first-order valence-electron chi connectivity index (χ1n) is 6.27. The first-order chi connectivity index (χ1) is 10.3. The van der Waals surface area contributed by atoms with E-state index in [2.05, 4.69) is 15.3 Å². The van der Waals surface area contributed by atoms with Crippen molar-refractivity contribution in [2.24, 2.45) is 5.10 Å². The molecule has 0 saturated carbocycles. The molecule has 0 radical (unpaired) electrons. The molecule has 104 valence electrons. The zero-order valence-electron chi connectivity index (χ0n) is 10.7. The van der Waals surface area contributed by atoms with Crippen LogP contribution in [0.15, 0.2) is 52.0 Å². The Morgan fingerprint density at radius 2 is 1.95 bits per heavy atom. The van der Waals surface area contributed by atoms with E-state index in [9.17, 15) is 4.39 Å². The van der Waals surface area contributed by atoms with Crippen molar-refractivity contribution in [1.82, 2.24) is 14.9 Å². The zero-order chi connectivity index (χ0) is 14.2. The Balaban J connectivity index is 1.79. The number of hydrogen-bond donors (Lipinski definition) is 0. The summed E-state index contributed by atoms with van der Waals surface area (Å²) in [7, 11) is 0. The minimum absolute atomic E-state index is 0.243. The smallest absolute Gasteiger partial charge is 0.207 e. The van der Waals surface area contributed by atoms with Gasteiger partial charge in [-0.25, -0.2) is 4.39 Å². The van der Waals surface area contributed by atoms with E-state index in [-0.39, 0.29) is 5.82 Å². The van der Waals surface area contributed by atoms with Gasteiger partial charge in [0.05, 0.1) is 10.6 Å². The molecule has 0 amide bonds. The van der Waals surface area contributed by atoms with Gasteiger partial charge in [-0.05, 0) is 29.1 Å². The minimum atomic E-state index is -0.243. The fourth-order valence-electron chi connectivity index (χ4n) is 2.07. The SMILES string of the molecule is Fc1ccc(C2=Nn3c(nnc3-c3cccs3)SC2)cc1. The number of fused-ring (bicyclic) bond motifs is 1. The molecule has 1 aliphatic rings. The third-order valence-corrected chi connectivity index (χ3v) is 4.89. The van der Waals surface area contributed by atoms with Gasteiger partial charge < -0.3 is 0 Å². The van der Waals surface area contributed by atoms with Gasteiger partial charge in [0.15, 0.2) is 5.82 Å². The Kier molecular flexibility index (Phi) is 3.08. The Labute approximate surface area is 128 Å². The molecule has 0 N–H and O–H groups in total. The van der Waals surface area contributed by atoms with Gasteiger partial charge in [-0.15, -0.1) is 21.5 Å². The standard InChI is InChI=1S/C14H9FN4S2/c15-10-5-3-9(4-6-10)11-8-21-14-17-16-13(19(14)18-11)12-2-1-7-20-12/h1-7H,8H2. The number of aromatic nitrogens is 3. The summed E-state index contributed by atoms with van der Waals surface area (Å²) in [6.45, 7) is 0. The number of benzene rings is 1. The second kappa shape index (κ2) is 5.09. The summed E-state index contributed by atoms with van der Waals surface area (Å²) >= 11 is 3.18. The van der Waals surface area contributed by atoms with Gasteiger partial charge >= 0.3 is 0 Å². The predicted octanol–water partition coefficient (Wildman–Crippen LogP) is 3.50. The van der Waals surface area contributed by atoms with Crippen LogP contribution in [-0.2, 0) is 0 Å². The van der Waals surface area contributed by atoms with E-state index in [0.29, 0.717) is 5.75 Å². The van der Waals surface area contributed by atoms with Crippen molar-refractivity contribution in [3.63, 3.8) is 0 Å². The van der Waals surface area contributed by atoms with E-state index >= 15 is 0 Å². The molecule has 0 unspecified atom stereocenters. The van der Waals surface area contributed by atoms with Crippen LogP contribution < -0.4 is 0 Å². The molecule has 1 aliphatic heterocycles. The number of rotatable bonds is 2. The highest BCUT2D eigenvalue weighted by atomic mass is 32.2. The van der Waals surface area contributed by atoms with Gasteiger partial charge in [-0.3, -0.25) is 0 Å². The van der Waals surface area contributed by atoms with Gasteiger partial charge in [0.1, 0.15) is 5.82 Å². The lowest BCUT2D eigenvalue weighted by molar-refractivity contribution is 0.627. The first kappa shape index (κ1) is 12.7. The maximum atomic E-state index is 13.0. The molecule has 0 bridgehead atoms. The number of hydrogen-bond acceptors (Lipinski definition) is 5. The summed E-state index contributed by atoms with van der Waals surface area (Å²) < 4.78 is 14.8. The van der Waals surface area contributed by atoms with E-state index in [4.69, 9.17) is 0 Å². The molecule has 0 spiro atoms. The summed E-state index contributed by atoms with van der Waals surface area (Å²) in [6.07, 6.45) is 0. The molecule has 2 aromatic heterocycles. The topological polar surface area (TPSA) is 43.1 Å². The molecule has 0 aliphatic carbocycles. The van der Waals surface area contributed by atoms with E-state index in [1.807, 2.05) is 17.5 Å². The van der Waals surface area contributed by atoms with Crippen LogP contribution in [0, 0.1) is 5.82 Å². The van der Waals surface area contributed by atoms with Gasteiger partial charge in [0.2, 0.25) is 5.16 Å². The maximum Gasteiger partial charge on any atom is 0.212 e. The lowest BCUT2D eigenvalue weighted by Gasteiger charge is -2.13. The quantitative estimate of drug-likeness (QED) is 0.727. The number of nitrogens with zero attached hydrogens (tertiary/aromatic N) is 4. The van der Waals surface area contributed by atoms with Crippen molar-refractivity contribution >= 4 is 28.8 Å².